The fraction of sp³-hybridized carbons (Fsp3) is 0.500. The van der Waals surface area contributed by atoms with Gasteiger partial charge in [-0.05, 0) is 19.1 Å². The summed E-state index contributed by atoms with van der Waals surface area (Å²) in [6.07, 6.45) is -0.0586. The molecule has 0 bridgehead atoms. The SMILES string of the molecule is C[C@@H](O)CN1CCN(C(=O)Cc2noc3ccccc23)CC1. The normalized spacial score (nSPS) is 17.8. The van der Waals surface area contributed by atoms with E-state index in [9.17, 15) is 9.90 Å². The highest BCUT2D eigenvalue weighted by molar-refractivity contribution is 5.86. The average Bonchev–Trinajstić information content (AvgIpc) is 2.91. The van der Waals surface area contributed by atoms with Gasteiger partial charge in [-0.2, -0.15) is 0 Å². The molecule has 1 aromatic heterocycles. The zero-order chi connectivity index (χ0) is 15.5. The number of piperazine rings is 1. The number of carbonyl (C=O) groups is 1. The highest BCUT2D eigenvalue weighted by Crippen LogP contribution is 2.19. The lowest BCUT2D eigenvalue weighted by Gasteiger charge is -2.35. The quantitative estimate of drug-likeness (QED) is 0.908. The van der Waals surface area contributed by atoms with E-state index in [-0.39, 0.29) is 18.4 Å². The molecule has 1 saturated heterocycles. The van der Waals surface area contributed by atoms with Crippen LogP contribution in [-0.4, -0.2) is 64.8 Å². The number of rotatable bonds is 4. The zero-order valence-electron chi connectivity index (χ0n) is 12.7. The minimum absolute atomic E-state index is 0.0794. The molecule has 1 atom stereocenters. The fourth-order valence-corrected chi connectivity index (χ4v) is 2.87. The van der Waals surface area contributed by atoms with Crippen molar-refractivity contribution in [1.82, 2.24) is 15.0 Å². The maximum absolute atomic E-state index is 12.4. The average molecular weight is 303 g/mol. The number of carbonyl (C=O) groups excluding carboxylic acids is 1. The molecule has 1 N–H and O–H groups in total. The molecule has 1 aromatic carbocycles. The standard InChI is InChI=1S/C16H21N3O3/c1-12(20)11-18-6-8-19(9-7-18)16(21)10-14-13-4-2-3-5-15(13)22-17-14/h2-5,12,20H,6-11H2,1H3/t12-/m1/s1. The van der Waals surface area contributed by atoms with Crippen molar-refractivity contribution in [3.8, 4) is 0 Å². The number of benzene rings is 1. The van der Waals surface area contributed by atoms with Gasteiger partial charge in [0.25, 0.3) is 0 Å². The van der Waals surface area contributed by atoms with E-state index >= 15 is 0 Å². The summed E-state index contributed by atoms with van der Waals surface area (Å²) in [5.41, 5.74) is 1.42. The number of β-amino-alcohol motifs (C(OH)–C–C–N with tert-alkyl or cyclic N) is 1. The highest BCUT2D eigenvalue weighted by Gasteiger charge is 2.23. The summed E-state index contributed by atoms with van der Waals surface area (Å²) >= 11 is 0. The molecule has 3 rings (SSSR count). The number of amides is 1. The molecule has 0 radical (unpaired) electrons. The topological polar surface area (TPSA) is 69.8 Å². The molecule has 1 amide bonds. The Morgan fingerprint density at radius 3 is 2.77 bits per heavy atom. The van der Waals surface area contributed by atoms with Gasteiger partial charge in [0.05, 0.1) is 12.5 Å². The van der Waals surface area contributed by atoms with Crippen molar-refractivity contribution < 1.29 is 14.4 Å². The van der Waals surface area contributed by atoms with Gasteiger partial charge in [0.2, 0.25) is 5.91 Å². The molecule has 6 heteroatoms. The molecule has 1 aliphatic heterocycles. The summed E-state index contributed by atoms with van der Waals surface area (Å²) in [5, 5.41) is 14.3. The predicted molar refractivity (Wildman–Crippen MR) is 82.4 cm³/mol. The monoisotopic (exact) mass is 303 g/mol. The van der Waals surface area contributed by atoms with Crippen LogP contribution in [-0.2, 0) is 11.2 Å². The lowest BCUT2D eigenvalue weighted by Crippen LogP contribution is -2.50. The van der Waals surface area contributed by atoms with Crippen molar-refractivity contribution in [3.05, 3.63) is 30.0 Å². The van der Waals surface area contributed by atoms with Crippen LogP contribution < -0.4 is 0 Å². The van der Waals surface area contributed by atoms with Crippen LogP contribution in [0.3, 0.4) is 0 Å². The number of aliphatic hydroxyl groups is 1. The number of nitrogens with zero attached hydrogens (tertiary/aromatic N) is 3. The molecule has 22 heavy (non-hydrogen) atoms. The Labute approximate surface area is 129 Å². The first kappa shape index (κ1) is 15.0. The van der Waals surface area contributed by atoms with Crippen LogP contribution in [0.25, 0.3) is 11.0 Å². The van der Waals surface area contributed by atoms with E-state index in [1.165, 1.54) is 0 Å². The summed E-state index contributed by atoms with van der Waals surface area (Å²) in [4.78, 5) is 16.5. The Morgan fingerprint density at radius 2 is 2.05 bits per heavy atom. The first-order chi connectivity index (χ1) is 10.6. The van der Waals surface area contributed by atoms with E-state index in [0.717, 1.165) is 18.5 Å². The van der Waals surface area contributed by atoms with Gasteiger partial charge in [-0.25, -0.2) is 0 Å². The number of para-hydroxylation sites is 1. The van der Waals surface area contributed by atoms with E-state index in [2.05, 4.69) is 10.1 Å². The van der Waals surface area contributed by atoms with Crippen molar-refractivity contribution in [2.24, 2.45) is 0 Å². The Hall–Kier alpha value is -1.92. The third-order valence-corrected chi connectivity index (χ3v) is 4.02. The van der Waals surface area contributed by atoms with Gasteiger partial charge in [0.15, 0.2) is 5.58 Å². The molecule has 1 fully saturated rings. The summed E-state index contributed by atoms with van der Waals surface area (Å²) < 4.78 is 5.24. The van der Waals surface area contributed by atoms with Crippen LogP contribution in [0.5, 0.6) is 0 Å². The molecule has 2 aromatic rings. The Balaban J connectivity index is 1.59. The molecular weight excluding hydrogens is 282 g/mol. The second-order valence-electron chi connectivity index (χ2n) is 5.83. The van der Waals surface area contributed by atoms with Gasteiger partial charge in [-0.15, -0.1) is 0 Å². The van der Waals surface area contributed by atoms with Crippen molar-refractivity contribution in [2.45, 2.75) is 19.4 Å². The van der Waals surface area contributed by atoms with Crippen LogP contribution in [0.4, 0.5) is 0 Å². The van der Waals surface area contributed by atoms with Crippen LogP contribution in [0, 0.1) is 0 Å². The van der Waals surface area contributed by atoms with Crippen LogP contribution in [0.15, 0.2) is 28.8 Å². The first-order valence-corrected chi connectivity index (χ1v) is 7.65. The number of hydrogen-bond acceptors (Lipinski definition) is 5. The summed E-state index contributed by atoms with van der Waals surface area (Å²) in [7, 11) is 0. The fourth-order valence-electron chi connectivity index (χ4n) is 2.87. The second-order valence-corrected chi connectivity index (χ2v) is 5.83. The maximum atomic E-state index is 12.4. The van der Waals surface area contributed by atoms with E-state index in [1.807, 2.05) is 29.2 Å². The molecule has 2 heterocycles. The molecule has 0 unspecified atom stereocenters. The maximum Gasteiger partial charge on any atom is 0.228 e. The zero-order valence-corrected chi connectivity index (χ0v) is 12.7. The van der Waals surface area contributed by atoms with Gasteiger partial charge in [-0.1, -0.05) is 17.3 Å². The van der Waals surface area contributed by atoms with Crippen molar-refractivity contribution in [3.63, 3.8) is 0 Å². The van der Waals surface area contributed by atoms with Crippen LogP contribution in [0.2, 0.25) is 0 Å². The van der Waals surface area contributed by atoms with Crippen molar-refractivity contribution in [1.29, 1.82) is 0 Å². The Bertz CT molecular complexity index is 645. The molecule has 6 nitrogen and oxygen atoms in total. The minimum Gasteiger partial charge on any atom is -0.392 e. The Kier molecular flexibility index (Phi) is 4.40. The van der Waals surface area contributed by atoms with Crippen molar-refractivity contribution in [2.75, 3.05) is 32.7 Å². The third kappa shape index (κ3) is 3.28. The second kappa shape index (κ2) is 6.46. The largest absolute Gasteiger partial charge is 0.392 e. The van der Waals surface area contributed by atoms with E-state index in [0.29, 0.717) is 30.9 Å². The predicted octanol–water partition coefficient (Wildman–Crippen LogP) is 0.895. The molecule has 0 spiro atoms. The van der Waals surface area contributed by atoms with Gasteiger partial charge in [-0.3, -0.25) is 9.69 Å². The van der Waals surface area contributed by atoms with Gasteiger partial charge in [0, 0.05) is 38.1 Å². The lowest BCUT2D eigenvalue weighted by atomic mass is 10.1. The van der Waals surface area contributed by atoms with Crippen molar-refractivity contribution >= 4 is 16.9 Å². The summed E-state index contributed by atoms with van der Waals surface area (Å²) in [6.45, 7) is 5.44. The first-order valence-electron chi connectivity index (χ1n) is 7.65. The number of aliphatic hydroxyl groups excluding tert-OH is 1. The molecule has 0 saturated carbocycles. The minimum atomic E-state index is -0.330. The molecule has 118 valence electrons. The molecule has 0 aliphatic carbocycles. The number of fused-ring (bicyclic) bond motifs is 1. The Morgan fingerprint density at radius 1 is 1.32 bits per heavy atom. The highest BCUT2D eigenvalue weighted by atomic mass is 16.5. The number of hydrogen-bond donors (Lipinski definition) is 1. The van der Waals surface area contributed by atoms with Gasteiger partial charge in [0.1, 0.15) is 5.69 Å². The van der Waals surface area contributed by atoms with E-state index in [1.54, 1.807) is 6.92 Å². The van der Waals surface area contributed by atoms with Crippen LogP contribution in [0.1, 0.15) is 12.6 Å². The smallest absolute Gasteiger partial charge is 0.228 e. The molecule has 1 aliphatic rings. The lowest BCUT2D eigenvalue weighted by molar-refractivity contribution is -0.132. The van der Waals surface area contributed by atoms with Gasteiger partial charge >= 0.3 is 0 Å². The van der Waals surface area contributed by atoms with Gasteiger partial charge < -0.3 is 14.5 Å². The molecular formula is C16H21N3O3. The van der Waals surface area contributed by atoms with Crippen LogP contribution >= 0.6 is 0 Å². The third-order valence-electron chi connectivity index (χ3n) is 4.02. The number of aromatic nitrogens is 1. The van der Waals surface area contributed by atoms with E-state index in [4.69, 9.17) is 4.52 Å². The summed E-state index contributed by atoms with van der Waals surface area (Å²) in [6, 6.07) is 7.59. The summed E-state index contributed by atoms with van der Waals surface area (Å²) in [5.74, 6) is 0.0794. The van der Waals surface area contributed by atoms with E-state index < -0.39 is 0 Å².